The van der Waals surface area contributed by atoms with Gasteiger partial charge in [0.05, 0.1) is 22.1 Å². The van der Waals surface area contributed by atoms with Crippen molar-refractivity contribution in [2.75, 3.05) is 0 Å². The van der Waals surface area contributed by atoms with Crippen molar-refractivity contribution in [2.24, 2.45) is 0 Å². The number of benzene rings is 6. The average molecular weight is 590 g/mol. The van der Waals surface area contributed by atoms with Gasteiger partial charge in [-0.25, -0.2) is 0 Å². The maximum Gasteiger partial charge on any atom is 0.307 e. The van der Waals surface area contributed by atoms with Crippen LogP contribution in [0, 0.1) is 0 Å². The summed E-state index contributed by atoms with van der Waals surface area (Å²) in [5, 5.41) is 7.65. The predicted molar refractivity (Wildman–Crippen MR) is 181 cm³/mol. The fourth-order valence-corrected chi connectivity index (χ4v) is 8.12. The van der Waals surface area contributed by atoms with E-state index in [2.05, 4.69) is 118 Å². The quantitative estimate of drug-likeness (QED) is 0.201. The molecule has 0 aliphatic heterocycles. The molecule has 6 heteroatoms. The van der Waals surface area contributed by atoms with Crippen LogP contribution in [0.4, 0.5) is 0 Å². The zero-order valence-electron chi connectivity index (χ0n) is 22.6. The summed E-state index contributed by atoms with van der Waals surface area (Å²) >= 11 is 8.17. The molecular formula is C37H20ClN3OS. The number of nitrogens with zero attached hydrogens (tertiary/aromatic N) is 3. The molecule has 0 radical (unpaired) electrons. The molecule has 4 heterocycles. The number of hydrogen-bond donors (Lipinski definition) is 0. The van der Waals surface area contributed by atoms with Crippen molar-refractivity contribution in [1.29, 1.82) is 0 Å². The summed E-state index contributed by atoms with van der Waals surface area (Å²) in [6.07, 6.45) is 0. The van der Waals surface area contributed by atoms with Gasteiger partial charge in [-0.2, -0.15) is 4.98 Å². The lowest BCUT2D eigenvalue weighted by Crippen LogP contribution is -1.95. The number of thiophene rings is 1. The van der Waals surface area contributed by atoms with Gasteiger partial charge in [0.25, 0.3) is 0 Å². The van der Waals surface area contributed by atoms with Crippen LogP contribution >= 0.6 is 22.9 Å². The van der Waals surface area contributed by atoms with Crippen molar-refractivity contribution in [3.05, 3.63) is 126 Å². The summed E-state index contributed by atoms with van der Waals surface area (Å²) in [4.78, 5) is 5.08. The monoisotopic (exact) mass is 589 g/mol. The first-order valence-electron chi connectivity index (χ1n) is 14.2. The molecule has 4 aromatic heterocycles. The second-order valence-electron chi connectivity index (χ2n) is 10.9. The lowest BCUT2D eigenvalue weighted by molar-refractivity contribution is 0.577. The van der Waals surface area contributed by atoms with Crippen LogP contribution in [0.3, 0.4) is 0 Å². The number of aromatic nitrogens is 3. The standard InChI is InChI=1S/C37H20ClN3OS/c38-21-14-18-31-26(20-21)34-32(43-31)19-16-27-36(34)42-37(39-27)41-29-13-7-5-11-25(29)33-30(41)17-15-24-23-10-4-6-12-28(23)40(35(24)33)22-8-2-1-3-9-22/h1-20H. The third-order valence-electron chi connectivity index (χ3n) is 8.61. The summed E-state index contributed by atoms with van der Waals surface area (Å²) in [7, 11) is 0. The van der Waals surface area contributed by atoms with Gasteiger partial charge in [-0.05, 0) is 60.7 Å². The smallest absolute Gasteiger partial charge is 0.307 e. The molecular weight excluding hydrogens is 570 g/mol. The van der Waals surface area contributed by atoms with Gasteiger partial charge < -0.3 is 8.98 Å². The summed E-state index contributed by atoms with van der Waals surface area (Å²) < 4.78 is 13.6. The van der Waals surface area contributed by atoms with Gasteiger partial charge in [0.2, 0.25) is 0 Å². The third-order valence-corrected chi connectivity index (χ3v) is 9.99. The average Bonchev–Trinajstić information content (AvgIpc) is 3.79. The molecule has 0 fully saturated rings. The molecule has 0 spiro atoms. The van der Waals surface area contributed by atoms with Crippen molar-refractivity contribution < 1.29 is 4.42 Å². The Hall–Kier alpha value is -5.10. The third kappa shape index (κ3) is 3.13. The molecule has 10 aromatic rings. The molecule has 202 valence electrons. The molecule has 0 amide bonds. The summed E-state index contributed by atoms with van der Waals surface area (Å²) in [6, 6.07) is 43.0. The van der Waals surface area contributed by atoms with E-state index in [1.54, 1.807) is 11.3 Å². The Morgan fingerprint density at radius 3 is 2.19 bits per heavy atom. The Bertz CT molecular complexity index is 2750. The number of para-hydroxylation sites is 3. The van der Waals surface area contributed by atoms with E-state index in [9.17, 15) is 0 Å². The molecule has 0 atom stereocenters. The van der Waals surface area contributed by atoms with Crippen LogP contribution in [0.1, 0.15) is 0 Å². The maximum absolute atomic E-state index is 6.74. The van der Waals surface area contributed by atoms with Crippen LogP contribution in [-0.2, 0) is 0 Å². The molecule has 0 saturated carbocycles. The molecule has 4 nitrogen and oxygen atoms in total. The zero-order valence-corrected chi connectivity index (χ0v) is 24.2. The summed E-state index contributed by atoms with van der Waals surface area (Å²) in [5.41, 5.74) is 7.20. The lowest BCUT2D eigenvalue weighted by Gasteiger charge is -2.09. The van der Waals surface area contributed by atoms with Crippen molar-refractivity contribution in [3.63, 3.8) is 0 Å². The molecule has 0 N–H and O–H groups in total. The second kappa shape index (κ2) is 8.48. The van der Waals surface area contributed by atoms with Crippen LogP contribution in [0.15, 0.2) is 126 Å². The molecule has 6 aromatic carbocycles. The van der Waals surface area contributed by atoms with Gasteiger partial charge in [-0.15, -0.1) is 11.3 Å². The Balaban J connectivity index is 1.36. The highest BCUT2D eigenvalue weighted by Gasteiger charge is 2.23. The highest BCUT2D eigenvalue weighted by Crippen LogP contribution is 2.44. The molecule has 0 saturated heterocycles. The van der Waals surface area contributed by atoms with E-state index >= 15 is 0 Å². The number of rotatable bonds is 2. The highest BCUT2D eigenvalue weighted by molar-refractivity contribution is 7.26. The summed E-state index contributed by atoms with van der Waals surface area (Å²) in [6.45, 7) is 0. The number of halogens is 1. The first kappa shape index (κ1) is 23.5. The van der Waals surface area contributed by atoms with Crippen LogP contribution in [0.5, 0.6) is 0 Å². The van der Waals surface area contributed by atoms with Gasteiger partial charge >= 0.3 is 6.01 Å². The first-order valence-corrected chi connectivity index (χ1v) is 15.4. The molecule has 0 unspecified atom stereocenters. The van der Waals surface area contributed by atoms with Gasteiger partial charge in [-0.3, -0.25) is 4.57 Å². The number of fused-ring (bicyclic) bond motifs is 12. The minimum absolute atomic E-state index is 0.553. The normalized spacial score (nSPS) is 12.3. The largest absolute Gasteiger partial charge is 0.422 e. The van der Waals surface area contributed by atoms with Crippen LogP contribution in [0.25, 0.3) is 86.6 Å². The van der Waals surface area contributed by atoms with Crippen molar-refractivity contribution in [1.82, 2.24) is 14.1 Å². The van der Waals surface area contributed by atoms with Crippen LogP contribution < -0.4 is 0 Å². The molecule has 0 aliphatic rings. The lowest BCUT2D eigenvalue weighted by atomic mass is 10.1. The maximum atomic E-state index is 6.74. The summed E-state index contributed by atoms with van der Waals surface area (Å²) in [5.74, 6) is 0. The predicted octanol–water partition coefficient (Wildman–Crippen LogP) is 11.0. The van der Waals surface area contributed by atoms with Crippen molar-refractivity contribution >= 4 is 97.8 Å². The van der Waals surface area contributed by atoms with Gasteiger partial charge in [-0.1, -0.05) is 72.3 Å². The minimum atomic E-state index is 0.553. The number of hydrogen-bond acceptors (Lipinski definition) is 3. The van der Waals surface area contributed by atoms with E-state index in [0.29, 0.717) is 11.0 Å². The van der Waals surface area contributed by atoms with Crippen molar-refractivity contribution in [3.8, 4) is 11.7 Å². The van der Waals surface area contributed by atoms with Gasteiger partial charge in [0.1, 0.15) is 5.52 Å². The van der Waals surface area contributed by atoms with Crippen molar-refractivity contribution in [2.45, 2.75) is 0 Å². The Labute approximate surface area is 253 Å². The molecule has 0 aliphatic carbocycles. The molecule has 43 heavy (non-hydrogen) atoms. The van der Waals surface area contributed by atoms with Crippen LogP contribution in [0.2, 0.25) is 5.02 Å². The van der Waals surface area contributed by atoms with E-state index in [-0.39, 0.29) is 0 Å². The SMILES string of the molecule is Clc1ccc2sc3ccc4nc(-n5c6ccccc6c6c5ccc5c7ccccc7n(-c7ccccc7)c56)oc4c3c2c1. The number of oxazole rings is 1. The van der Waals surface area contributed by atoms with Gasteiger partial charge in [0.15, 0.2) is 5.58 Å². The fourth-order valence-electron chi connectivity index (χ4n) is 6.86. The minimum Gasteiger partial charge on any atom is -0.422 e. The highest BCUT2D eigenvalue weighted by atomic mass is 35.5. The Morgan fingerprint density at radius 1 is 0.581 bits per heavy atom. The second-order valence-corrected chi connectivity index (χ2v) is 12.4. The van der Waals surface area contributed by atoms with E-state index in [0.717, 1.165) is 48.7 Å². The van der Waals surface area contributed by atoms with E-state index in [1.807, 2.05) is 12.1 Å². The van der Waals surface area contributed by atoms with Crippen LogP contribution in [-0.4, -0.2) is 14.1 Å². The van der Waals surface area contributed by atoms with E-state index in [4.69, 9.17) is 21.0 Å². The van der Waals surface area contributed by atoms with E-state index < -0.39 is 0 Å². The first-order chi connectivity index (χ1) is 21.2. The zero-order chi connectivity index (χ0) is 28.2. The van der Waals surface area contributed by atoms with Gasteiger partial charge in [0, 0.05) is 52.4 Å². The fraction of sp³-hybridized carbons (Fsp3) is 0. The molecule has 0 bridgehead atoms. The van der Waals surface area contributed by atoms with E-state index in [1.165, 1.54) is 31.9 Å². The Morgan fingerprint density at radius 2 is 1.33 bits per heavy atom. The topological polar surface area (TPSA) is 35.9 Å². The Kier molecular flexibility index (Phi) is 4.63. The molecule has 10 rings (SSSR count).